The molecule has 0 saturated carbocycles. The molecule has 0 spiro atoms. The predicted octanol–water partition coefficient (Wildman–Crippen LogP) is 4.44. The molecule has 3 nitrogen and oxygen atoms in total. The van der Waals surface area contributed by atoms with Crippen LogP contribution < -0.4 is 4.74 Å². The van der Waals surface area contributed by atoms with Gasteiger partial charge in [-0.2, -0.15) is 0 Å². The van der Waals surface area contributed by atoms with Crippen LogP contribution in [0.4, 0.5) is 4.39 Å². The lowest BCUT2D eigenvalue weighted by Gasteiger charge is -2.22. The first kappa shape index (κ1) is 14.9. The number of nitrogens with zero attached hydrogens (tertiary/aromatic N) is 1. The van der Waals surface area contributed by atoms with Crippen LogP contribution in [0.15, 0.2) is 53.7 Å². The highest BCUT2D eigenvalue weighted by atomic mass is 35.5. The highest BCUT2D eigenvalue weighted by molar-refractivity contribution is 6.32. The van der Waals surface area contributed by atoms with E-state index in [1.165, 1.54) is 18.2 Å². The normalized spacial score (nSPS) is 20.4. The predicted molar refractivity (Wildman–Crippen MR) is 84.0 cm³/mol. The van der Waals surface area contributed by atoms with Gasteiger partial charge in [-0.3, -0.25) is 0 Å². The molecule has 0 aliphatic carbocycles. The van der Waals surface area contributed by atoms with Crippen LogP contribution in [-0.2, 0) is 4.84 Å². The van der Waals surface area contributed by atoms with E-state index in [0.717, 1.165) is 11.3 Å². The molecule has 114 valence electrons. The van der Waals surface area contributed by atoms with Crippen molar-refractivity contribution >= 4 is 17.3 Å². The van der Waals surface area contributed by atoms with Crippen LogP contribution in [0.1, 0.15) is 18.9 Å². The van der Waals surface area contributed by atoms with Gasteiger partial charge in [0, 0.05) is 6.42 Å². The molecule has 0 amide bonds. The average Bonchev–Trinajstić information content (AvgIpc) is 2.90. The summed E-state index contributed by atoms with van der Waals surface area (Å²) in [6.45, 7) is 2.20. The summed E-state index contributed by atoms with van der Waals surface area (Å²) in [5.41, 5.74) is 1.35. The van der Waals surface area contributed by atoms with Crippen molar-refractivity contribution in [3.8, 4) is 5.75 Å². The van der Waals surface area contributed by atoms with Gasteiger partial charge in [0.2, 0.25) is 0 Å². The molecule has 1 unspecified atom stereocenters. The Morgan fingerprint density at radius 2 is 2.05 bits per heavy atom. The number of hydrogen-bond donors (Lipinski definition) is 0. The SMILES string of the molecule is CC1(COc2ccc(F)cc2Cl)CC(c2ccccc2)=NO1. The van der Waals surface area contributed by atoms with Crippen molar-refractivity contribution in [3.05, 3.63) is 64.9 Å². The van der Waals surface area contributed by atoms with E-state index in [4.69, 9.17) is 21.2 Å². The van der Waals surface area contributed by atoms with E-state index in [9.17, 15) is 4.39 Å². The van der Waals surface area contributed by atoms with Crippen LogP contribution in [0.2, 0.25) is 5.02 Å². The Morgan fingerprint density at radius 3 is 2.77 bits per heavy atom. The highest BCUT2D eigenvalue weighted by Gasteiger charge is 2.36. The summed E-state index contributed by atoms with van der Waals surface area (Å²) < 4.78 is 18.7. The zero-order valence-electron chi connectivity index (χ0n) is 12.1. The van der Waals surface area contributed by atoms with Gasteiger partial charge < -0.3 is 9.57 Å². The minimum Gasteiger partial charge on any atom is -0.488 e. The quantitative estimate of drug-likeness (QED) is 0.834. The van der Waals surface area contributed by atoms with E-state index in [1.54, 1.807) is 0 Å². The monoisotopic (exact) mass is 319 g/mol. The second kappa shape index (κ2) is 5.97. The summed E-state index contributed by atoms with van der Waals surface area (Å²) in [6.07, 6.45) is 0.635. The van der Waals surface area contributed by atoms with Crippen LogP contribution in [-0.4, -0.2) is 17.9 Å². The second-order valence-electron chi connectivity index (χ2n) is 5.49. The van der Waals surface area contributed by atoms with Gasteiger partial charge in [0.25, 0.3) is 0 Å². The van der Waals surface area contributed by atoms with Crippen LogP contribution in [0, 0.1) is 5.82 Å². The fourth-order valence-electron chi connectivity index (χ4n) is 2.27. The van der Waals surface area contributed by atoms with E-state index in [0.29, 0.717) is 12.2 Å². The highest BCUT2D eigenvalue weighted by Crippen LogP contribution is 2.30. The molecule has 22 heavy (non-hydrogen) atoms. The van der Waals surface area contributed by atoms with Crippen LogP contribution in [0.5, 0.6) is 5.75 Å². The van der Waals surface area contributed by atoms with Gasteiger partial charge in [0.15, 0.2) is 5.60 Å². The maximum Gasteiger partial charge on any atom is 0.174 e. The van der Waals surface area contributed by atoms with Crippen LogP contribution in [0.3, 0.4) is 0 Å². The number of ether oxygens (including phenoxy) is 1. The third-order valence-electron chi connectivity index (χ3n) is 3.45. The van der Waals surface area contributed by atoms with E-state index < -0.39 is 11.4 Å². The standard InChI is InChI=1S/C17H15ClFNO2/c1-17(11-21-16-8-7-13(19)9-14(16)18)10-15(20-22-17)12-5-3-2-4-6-12/h2-9H,10-11H2,1H3. The van der Waals surface area contributed by atoms with Crippen molar-refractivity contribution in [2.75, 3.05) is 6.61 Å². The number of halogens is 2. The van der Waals surface area contributed by atoms with Crippen LogP contribution in [0.25, 0.3) is 0 Å². The molecule has 2 aromatic rings. The molecule has 3 rings (SSSR count). The Bertz CT molecular complexity index is 705. The molecular weight excluding hydrogens is 305 g/mol. The molecule has 0 bridgehead atoms. The van der Waals surface area contributed by atoms with E-state index in [-0.39, 0.29) is 11.6 Å². The fraction of sp³-hybridized carbons (Fsp3) is 0.235. The largest absolute Gasteiger partial charge is 0.488 e. The smallest absolute Gasteiger partial charge is 0.174 e. The first-order chi connectivity index (χ1) is 10.6. The molecule has 0 radical (unpaired) electrons. The van der Waals surface area contributed by atoms with E-state index in [2.05, 4.69) is 5.16 Å². The van der Waals surface area contributed by atoms with Gasteiger partial charge in [0.1, 0.15) is 18.2 Å². The van der Waals surface area contributed by atoms with Crippen molar-refractivity contribution in [3.63, 3.8) is 0 Å². The van der Waals surface area contributed by atoms with Gasteiger partial charge in [-0.15, -0.1) is 0 Å². The van der Waals surface area contributed by atoms with Gasteiger partial charge >= 0.3 is 0 Å². The fourth-order valence-corrected chi connectivity index (χ4v) is 2.49. The van der Waals surface area contributed by atoms with Gasteiger partial charge in [-0.1, -0.05) is 47.1 Å². The summed E-state index contributed by atoms with van der Waals surface area (Å²) in [6, 6.07) is 13.9. The summed E-state index contributed by atoms with van der Waals surface area (Å²) in [5, 5.41) is 4.39. The summed E-state index contributed by atoms with van der Waals surface area (Å²) in [7, 11) is 0. The van der Waals surface area contributed by atoms with Crippen molar-refractivity contribution in [2.45, 2.75) is 18.9 Å². The average molecular weight is 320 g/mol. The minimum atomic E-state index is -0.567. The third-order valence-corrected chi connectivity index (χ3v) is 3.75. The number of benzene rings is 2. The second-order valence-corrected chi connectivity index (χ2v) is 5.89. The lowest BCUT2D eigenvalue weighted by atomic mass is 9.97. The molecular formula is C17H15ClFNO2. The number of rotatable bonds is 4. The van der Waals surface area contributed by atoms with Crippen LogP contribution >= 0.6 is 11.6 Å². The summed E-state index contributed by atoms with van der Waals surface area (Å²) >= 11 is 5.95. The lowest BCUT2D eigenvalue weighted by molar-refractivity contribution is -0.0356. The Hall–Kier alpha value is -2.07. The molecule has 0 aromatic heterocycles. The molecule has 1 atom stereocenters. The zero-order chi connectivity index (χ0) is 15.6. The Morgan fingerprint density at radius 1 is 1.27 bits per heavy atom. The third kappa shape index (κ3) is 3.22. The minimum absolute atomic E-state index is 0.241. The zero-order valence-corrected chi connectivity index (χ0v) is 12.8. The Kier molecular flexibility index (Phi) is 4.03. The van der Waals surface area contributed by atoms with Crippen molar-refractivity contribution < 1.29 is 14.0 Å². The van der Waals surface area contributed by atoms with Crippen molar-refractivity contribution in [2.24, 2.45) is 5.16 Å². The van der Waals surface area contributed by atoms with Gasteiger partial charge in [-0.25, -0.2) is 4.39 Å². The van der Waals surface area contributed by atoms with Gasteiger partial charge in [0.05, 0.1) is 10.7 Å². The summed E-state index contributed by atoms with van der Waals surface area (Å²) in [4.78, 5) is 5.54. The lowest BCUT2D eigenvalue weighted by Crippen LogP contribution is -2.32. The molecule has 2 aromatic carbocycles. The first-order valence-electron chi connectivity index (χ1n) is 6.94. The molecule has 1 aliphatic heterocycles. The maximum absolute atomic E-state index is 13.0. The number of oxime groups is 1. The molecule has 0 N–H and O–H groups in total. The molecule has 1 heterocycles. The number of hydrogen-bond acceptors (Lipinski definition) is 3. The maximum atomic E-state index is 13.0. The molecule has 5 heteroatoms. The van der Waals surface area contributed by atoms with E-state index >= 15 is 0 Å². The van der Waals surface area contributed by atoms with E-state index in [1.807, 2.05) is 37.3 Å². The van der Waals surface area contributed by atoms with Crippen molar-refractivity contribution in [1.82, 2.24) is 0 Å². The Labute approximate surface area is 133 Å². The topological polar surface area (TPSA) is 30.8 Å². The van der Waals surface area contributed by atoms with Crippen molar-refractivity contribution in [1.29, 1.82) is 0 Å². The summed E-state index contributed by atoms with van der Waals surface area (Å²) in [5.74, 6) is 0.0384. The molecule has 0 fully saturated rings. The molecule has 0 saturated heterocycles. The first-order valence-corrected chi connectivity index (χ1v) is 7.32. The molecule has 1 aliphatic rings. The van der Waals surface area contributed by atoms with Gasteiger partial charge in [-0.05, 0) is 30.7 Å². The Balaban J connectivity index is 1.64.